The van der Waals surface area contributed by atoms with Crippen molar-refractivity contribution < 1.29 is 57.1 Å². The van der Waals surface area contributed by atoms with Crippen LogP contribution in [0.15, 0.2) is 42.5 Å². The van der Waals surface area contributed by atoms with E-state index in [1.165, 1.54) is 6.92 Å². The molecule has 0 fully saturated rings. The van der Waals surface area contributed by atoms with Gasteiger partial charge >= 0.3 is 18.0 Å². The SMILES string of the molecule is C[C@H](NC(=O)OC(C)(C)C)C(=O)OC/C=C/COCCOCCOCCOCCC(=O)NCCC(=O)OCC(=O)c1ccccc1. The number of Topliss-reactive ketones (excluding diaryl/α,β-unsaturated/α-hetero) is 1. The Morgan fingerprint density at radius 3 is 1.98 bits per heavy atom. The fourth-order valence-corrected chi connectivity index (χ4v) is 3.23. The van der Waals surface area contributed by atoms with Crippen molar-refractivity contribution in [3.8, 4) is 0 Å². The molecule has 1 aromatic rings. The summed E-state index contributed by atoms with van der Waals surface area (Å²) in [7, 11) is 0. The highest BCUT2D eigenvalue weighted by Crippen LogP contribution is 2.07. The molecule has 0 aliphatic carbocycles. The van der Waals surface area contributed by atoms with E-state index in [1.807, 2.05) is 0 Å². The normalized spacial score (nSPS) is 11.9. The number of esters is 2. The molecule has 1 atom stereocenters. The van der Waals surface area contributed by atoms with Crippen molar-refractivity contribution in [3.63, 3.8) is 0 Å². The minimum absolute atomic E-state index is 0.0367. The molecule has 14 heteroatoms. The Labute approximate surface area is 270 Å². The molecule has 0 aromatic heterocycles. The molecule has 0 heterocycles. The van der Waals surface area contributed by atoms with E-state index >= 15 is 0 Å². The number of amides is 2. The maximum atomic E-state index is 11.9. The van der Waals surface area contributed by atoms with E-state index in [4.69, 9.17) is 33.2 Å². The fourth-order valence-electron chi connectivity index (χ4n) is 3.23. The first-order chi connectivity index (χ1) is 22.0. The largest absolute Gasteiger partial charge is 0.460 e. The molecule has 0 radical (unpaired) electrons. The van der Waals surface area contributed by atoms with Gasteiger partial charge in [-0.05, 0) is 33.8 Å². The van der Waals surface area contributed by atoms with Crippen LogP contribution in [-0.4, -0.2) is 114 Å². The van der Waals surface area contributed by atoms with Gasteiger partial charge in [-0.3, -0.25) is 14.4 Å². The van der Waals surface area contributed by atoms with E-state index in [0.29, 0.717) is 51.8 Å². The molecule has 0 spiro atoms. The third-order valence-electron chi connectivity index (χ3n) is 5.49. The molecule has 0 aliphatic heterocycles. The number of hydrogen-bond acceptors (Lipinski definition) is 12. The Hall–Kier alpha value is -3.85. The van der Waals surface area contributed by atoms with Crippen molar-refractivity contribution in [2.24, 2.45) is 0 Å². The molecular formula is C32H48N2O12. The van der Waals surface area contributed by atoms with Crippen molar-refractivity contribution in [3.05, 3.63) is 48.0 Å². The lowest BCUT2D eigenvalue weighted by atomic mass is 10.1. The Bertz CT molecular complexity index is 1070. The smallest absolute Gasteiger partial charge is 0.408 e. The van der Waals surface area contributed by atoms with Gasteiger partial charge < -0.3 is 43.8 Å². The molecule has 0 aliphatic rings. The molecule has 258 valence electrons. The van der Waals surface area contributed by atoms with Crippen molar-refractivity contribution in [2.45, 2.75) is 52.2 Å². The number of carbonyl (C=O) groups is 5. The predicted octanol–water partition coefficient (Wildman–Crippen LogP) is 2.39. The lowest BCUT2D eigenvalue weighted by Gasteiger charge is -2.21. The van der Waals surface area contributed by atoms with Crippen LogP contribution in [0.5, 0.6) is 0 Å². The number of ether oxygens (including phenoxy) is 7. The first-order valence-electron chi connectivity index (χ1n) is 15.1. The van der Waals surface area contributed by atoms with Gasteiger partial charge in [0, 0.05) is 18.5 Å². The summed E-state index contributed by atoms with van der Waals surface area (Å²) in [6.45, 7) is 9.23. The summed E-state index contributed by atoms with van der Waals surface area (Å²) in [4.78, 5) is 59.1. The second kappa shape index (κ2) is 24.4. The van der Waals surface area contributed by atoms with E-state index in [0.717, 1.165) is 0 Å². The second-order valence-corrected chi connectivity index (χ2v) is 10.7. The average Bonchev–Trinajstić information content (AvgIpc) is 3.00. The van der Waals surface area contributed by atoms with Gasteiger partial charge in [0.2, 0.25) is 5.91 Å². The quantitative estimate of drug-likeness (QED) is 0.0550. The van der Waals surface area contributed by atoms with Gasteiger partial charge in [-0.2, -0.15) is 0 Å². The third-order valence-corrected chi connectivity index (χ3v) is 5.49. The molecule has 0 bridgehead atoms. The maximum Gasteiger partial charge on any atom is 0.408 e. The summed E-state index contributed by atoms with van der Waals surface area (Å²) in [6, 6.07) is 7.70. The average molecular weight is 653 g/mol. The molecule has 0 unspecified atom stereocenters. The highest BCUT2D eigenvalue weighted by Gasteiger charge is 2.21. The summed E-state index contributed by atoms with van der Waals surface area (Å²) in [5, 5.41) is 5.02. The Morgan fingerprint density at radius 1 is 0.761 bits per heavy atom. The minimum Gasteiger partial charge on any atom is -0.460 e. The Morgan fingerprint density at radius 2 is 1.35 bits per heavy atom. The van der Waals surface area contributed by atoms with Crippen LogP contribution in [0.25, 0.3) is 0 Å². The number of carbonyl (C=O) groups excluding carboxylic acids is 5. The molecule has 0 saturated carbocycles. The maximum absolute atomic E-state index is 11.9. The first-order valence-corrected chi connectivity index (χ1v) is 15.1. The Kier molecular flexibility index (Phi) is 21.3. The number of hydrogen-bond donors (Lipinski definition) is 2. The number of rotatable bonds is 24. The van der Waals surface area contributed by atoms with Crippen LogP contribution < -0.4 is 10.6 Å². The lowest BCUT2D eigenvalue weighted by Crippen LogP contribution is -2.42. The van der Waals surface area contributed by atoms with Crippen LogP contribution in [0.1, 0.15) is 50.9 Å². The molecule has 2 amide bonds. The van der Waals surface area contributed by atoms with Gasteiger partial charge in [0.1, 0.15) is 18.2 Å². The zero-order valence-electron chi connectivity index (χ0n) is 27.2. The number of ketones is 1. The summed E-state index contributed by atoms with van der Waals surface area (Å²) in [5.41, 5.74) is -0.191. The zero-order chi connectivity index (χ0) is 34.0. The van der Waals surface area contributed by atoms with Gasteiger partial charge in [0.25, 0.3) is 0 Å². The summed E-state index contributed by atoms with van der Waals surface area (Å²) < 4.78 is 36.7. The van der Waals surface area contributed by atoms with Crippen molar-refractivity contribution in [1.29, 1.82) is 0 Å². The number of nitrogens with one attached hydrogen (secondary N) is 2. The lowest BCUT2D eigenvalue weighted by molar-refractivity contribution is -0.144. The van der Waals surface area contributed by atoms with Crippen molar-refractivity contribution >= 4 is 29.7 Å². The topological polar surface area (TPSA) is 174 Å². The number of alkyl carbamates (subject to hydrolysis) is 1. The van der Waals surface area contributed by atoms with Crippen LogP contribution in [0.4, 0.5) is 4.79 Å². The summed E-state index contributed by atoms with van der Waals surface area (Å²) in [5.74, 6) is -1.70. The Balaban J connectivity index is 1.87. The van der Waals surface area contributed by atoms with Gasteiger partial charge in [-0.15, -0.1) is 0 Å². The van der Waals surface area contributed by atoms with E-state index in [-0.39, 0.29) is 50.9 Å². The van der Waals surface area contributed by atoms with Gasteiger partial charge in [0.05, 0.1) is 59.3 Å². The van der Waals surface area contributed by atoms with E-state index < -0.39 is 29.7 Å². The molecule has 2 N–H and O–H groups in total. The van der Waals surface area contributed by atoms with Gasteiger partial charge in [-0.1, -0.05) is 36.4 Å². The van der Waals surface area contributed by atoms with Crippen LogP contribution in [0.3, 0.4) is 0 Å². The van der Waals surface area contributed by atoms with Crippen LogP contribution in [0, 0.1) is 0 Å². The molecule has 14 nitrogen and oxygen atoms in total. The van der Waals surface area contributed by atoms with Crippen LogP contribution >= 0.6 is 0 Å². The minimum atomic E-state index is -0.837. The molecule has 1 aromatic carbocycles. The number of benzene rings is 1. The van der Waals surface area contributed by atoms with Gasteiger partial charge in [-0.25, -0.2) is 9.59 Å². The van der Waals surface area contributed by atoms with Crippen molar-refractivity contribution in [1.82, 2.24) is 10.6 Å². The summed E-state index contributed by atoms with van der Waals surface area (Å²) in [6.07, 6.45) is 2.76. The van der Waals surface area contributed by atoms with Crippen LogP contribution in [0.2, 0.25) is 0 Å². The first kappa shape index (κ1) is 40.2. The monoisotopic (exact) mass is 652 g/mol. The van der Waals surface area contributed by atoms with E-state index in [9.17, 15) is 24.0 Å². The highest BCUT2D eigenvalue weighted by molar-refractivity contribution is 5.97. The third kappa shape index (κ3) is 22.6. The molecule has 46 heavy (non-hydrogen) atoms. The second-order valence-electron chi connectivity index (χ2n) is 10.7. The van der Waals surface area contributed by atoms with Crippen LogP contribution in [-0.2, 0) is 47.5 Å². The van der Waals surface area contributed by atoms with E-state index in [2.05, 4.69) is 10.6 Å². The zero-order valence-corrected chi connectivity index (χ0v) is 27.2. The van der Waals surface area contributed by atoms with Gasteiger partial charge in [0.15, 0.2) is 12.4 Å². The predicted molar refractivity (Wildman–Crippen MR) is 166 cm³/mol. The summed E-state index contributed by atoms with van der Waals surface area (Å²) >= 11 is 0. The fraction of sp³-hybridized carbons (Fsp3) is 0.594. The molecule has 1 rings (SSSR count). The standard InChI is InChI=1S/C32H48N2O12/c1-25(34-31(39)46-32(2,3)4)30(38)44-16-9-8-15-40-18-20-42-22-23-43-21-19-41-17-13-28(36)33-14-12-29(37)45-24-27(35)26-10-6-5-7-11-26/h5-11,25H,12-24H2,1-4H3,(H,33,36)(H,34,39)/b9-8+/t25-/m0/s1. The molecule has 0 saturated heterocycles. The highest BCUT2D eigenvalue weighted by atomic mass is 16.6. The molecular weight excluding hydrogens is 604 g/mol. The van der Waals surface area contributed by atoms with E-state index in [1.54, 1.807) is 63.3 Å². The van der Waals surface area contributed by atoms with Crippen molar-refractivity contribution in [2.75, 3.05) is 72.6 Å².